The molecule has 0 spiro atoms. The number of anilines is 1. The van der Waals surface area contributed by atoms with Crippen molar-refractivity contribution in [2.24, 2.45) is 0 Å². The summed E-state index contributed by atoms with van der Waals surface area (Å²) in [6.45, 7) is 6.58. The average molecular weight is 604 g/mol. The number of hydrogen-bond donors (Lipinski definition) is 0. The van der Waals surface area contributed by atoms with Gasteiger partial charge in [0.15, 0.2) is 0 Å². The molecule has 40 heavy (non-hydrogen) atoms. The number of piperazine rings is 1. The quantitative estimate of drug-likeness (QED) is 0.247. The maximum Gasteiger partial charge on any atom is 0.255 e. The number of carbonyl (C=O) groups excluding carboxylic acids is 2. The summed E-state index contributed by atoms with van der Waals surface area (Å²) in [5, 5.41) is 0.658. The summed E-state index contributed by atoms with van der Waals surface area (Å²) in [5.74, 6) is -2.29. The number of benzene rings is 3. The third kappa shape index (κ3) is 5.82. The second-order valence-corrected chi connectivity index (χ2v) is 11.7. The first kappa shape index (κ1) is 27.6. The zero-order valence-corrected chi connectivity index (χ0v) is 24.0. The Morgan fingerprint density at radius 3 is 2.38 bits per heavy atom. The SMILES string of the molecule is CC(C)(C)c1ccc(/C=C/c2cc(C(=O)N3CCN(c4ccc(F)cc4F)C(=O)C3)c3cc(Br)ccc3n2)cc1. The smallest absolute Gasteiger partial charge is 0.255 e. The third-order valence-corrected chi connectivity index (χ3v) is 7.45. The highest BCUT2D eigenvalue weighted by Crippen LogP contribution is 2.28. The van der Waals surface area contributed by atoms with E-state index in [1.807, 2.05) is 30.4 Å². The molecule has 5 rings (SSSR count). The van der Waals surface area contributed by atoms with Crippen molar-refractivity contribution in [1.82, 2.24) is 9.88 Å². The van der Waals surface area contributed by atoms with E-state index < -0.39 is 17.5 Å². The number of amides is 2. The summed E-state index contributed by atoms with van der Waals surface area (Å²) in [6.07, 6.45) is 3.82. The molecule has 4 aromatic rings. The van der Waals surface area contributed by atoms with Gasteiger partial charge in [-0.1, -0.05) is 67.0 Å². The number of hydrogen-bond acceptors (Lipinski definition) is 3. The van der Waals surface area contributed by atoms with Gasteiger partial charge in [-0.3, -0.25) is 9.59 Å². The molecule has 1 aliphatic heterocycles. The molecule has 8 heteroatoms. The Hall–Kier alpha value is -3.91. The Balaban J connectivity index is 1.42. The van der Waals surface area contributed by atoms with Crippen molar-refractivity contribution >= 4 is 56.5 Å². The molecular formula is C32H28BrF2N3O2. The molecule has 5 nitrogen and oxygen atoms in total. The molecule has 0 aliphatic carbocycles. The molecule has 3 aromatic carbocycles. The maximum atomic E-state index is 14.3. The molecule has 0 saturated carbocycles. The molecule has 1 fully saturated rings. The van der Waals surface area contributed by atoms with Gasteiger partial charge >= 0.3 is 0 Å². The predicted octanol–water partition coefficient (Wildman–Crippen LogP) is 7.23. The number of rotatable bonds is 4. The van der Waals surface area contributed by atoms with Crippen LogP contribution in [0.5, 0.6) is 0 Å². The standard InChI is InChI=1S/C32H28BrF2N3O2/c1-32(2,3)21-7-4-20(5-8-21)6-11-24-18-26(25-16-22(33)9-12-28(25)36-24)31(40)37-14-15-38(30(39)19-37)29-13-10-23(34)17-27(29)35/h4-13,16-18H,14-15,19H2,1-3H3/b11-6+. The lowest BCUT2D eigenvalue weighted by Crippen LogP contribution is -2.52. The fourth-order valence-electron chi connectivity index (χ4n) is 4.73. The van der Waals surface area contributed by atoms with Crippen LogP contribution in [0.25, 0.3) is 23.1 Å². The van der Waals surface area contributed by atoms with Crippen molar-refractivity contribution in [1.29, 1.82) is 0 Å². The van der Waals surface area contributed by atoms with Crippen molar-refractivity contribution in [3.63, 3.8) is 0 Å². The molecule has 0 bridgehead atoms. The van der Waals surface area contributed by atoms with Crippen LogP contribution in [0.2, 0.25) is 0 Å². The first-order chi connectivity index (χ1) is 19.0. The first-order valence-corrected chi connectivity index (χ1v) is 13.7. The van der Waals surface area contributed by atoms with Crippen LogP contribution in [-0.4, -0.2) is 41.3 Å². The van der Waals surface area contributed by atoms with E-state index in [1.54, 1.807) is 6.07 Å². The van der Waals surface area contributed by atoms with Crippen LogP contribution in [0.4, 0.5) is 14.5 Å². The van der Waals surface area contributed by atoms with Gasteiger partial charge in [-0.15, -0.1) is 0 Å². The van der Waals surface area contributed by atoms with Crippen LogP contribution in [0.1, 0.15) is 48.0 Å². The highest BCUT2D eigenvalue weighted by molar-refractivity contribution is 9.10. The summed E-state index contributed by atoms with van der Waals surface area (Å²) in [6, 6.07) is 18.7. The molecule has 0 unspecified atom stereocenters. The first-order valence-electron chi connectivity index (χ1n) is 12.9. The van der Waals surface area contributed by atoms with Gasteiger partial charge in [-0.25, -0.2) is 13.8 Å². The summed E-state index contributed by atoms with van der Waals surface area (Å²) in [7, 11) is 0. The van der Waals surface area contributed by atoms with E-state index in [2.05, 4.69) is 61.0 Å². The second kappa shape index (κ2) is 10.9. The van der Waals surface area contributed by atoms with E-state index in [9.17, 15) is 18.4 Å². The van der Waals surface area contributed by atoms with Crippen molar-refractivity contribution in [2.75, 3.05) is 24.5 Å². The Kier molecular flexibility index (Phi) is 7.55. The lowest BCUT2D eigenvalue weighted by Gasteiger charge is -2.34. The minimum atomic E-state index is -0.817. The Morgan fingerprint density at radius 1 is 0.950 bits per heavy atom. The van der Waals surface area contributed by atoms with E-state index in [4.69, 9.17) is 4.98 Å². The predicted molar refractivity (Wildman–Crippen MR) is 158 cm³/mol. The Bertz CT molecular complexity index is 1650. The van der Waals surface area contributed by atoms with Crippen molar-refractivity contribution in [2.45, 2.75) is 26.2 Å². The Morgan fingerprint density at radius 2 is 1.70 bits per heavy atom. The van der Waals surface area contributed by atoms with Crippen LogP contribution in [0, 0.1) is 11.6 Å². The minimum Gasteiger partial charge on any atom is -0.328 e. The lowest BCUT2D eigenvalue weighted by molar-refractivity contribution is -0.120. The topological polar surface area (TPSA) is 53.5 Å². The summed E-state index contributed by atoms with van der Waals surface area (Å²) in [5.41, 5.74) is 3.98. The van der Waals surface area contributed by atoms with Gasteiger partial charge in [0.2, 0.25) is 5.91 Å². The van der Waals surface area contributed by atoms with E-state index in [0.717, 1.165) is 22.2 Å². The molecule has 1 aromatic heterocycles. The molecule has 0 radical (unpaired) electrons. The lowest BCUT2D eigenvalue weighted by atomic mass is 9.87. The van der Waals surface area contributed by atoms with Gasteiger partial charge in [-0.2, -0.15) is 0 Å². The van der Waals surface area contributed by atoms with Crippen molar-refractivity contribution in [3.05, 3.63) is 105 Å². The van der Waals surface area contributed by atoms with Gasteiger partial charge in [-0.05, 0) is 59.0 Å². The summed E-state index contributed by atoms with van der Waals surface area (Å²) in [4.78, 5) is 34.1. The summed E-state index contributed by atoms with van der Waals surface area (Å²) < 4.78 is 28.5. The zero-order chi connectivity index (χ0) is 28.6. The molecule has 204 valence electrons. The normalized spacial score (nSPS) is 14.4. The number of halogens is 3. The van der Waals surface area contributed by atoms with E-state index in [1.165, 1.54) is 21.4 Å². The van der Waals surface area contributed by atoms with Crippen LogP contribution < -0.4 is 4.90 Å². The molecule has 2 amide bonds. The monoisotopic (exact) mass is 603 g/mol. The largest absolute Gasteiger partial charge is 0.328 e. The van der Waals surface area contributed by atoms with Gasteiger partial charge in [0.25, 0.3) is 5.91 Å². The fraction of sp³-hybridized carbons (Fsp3) is 0.219. The highest BCUT2D eigenvalue weighted by Gasteiger charge is 2.31. The molecule has 2 heterocycles. The van der Waals surface area contributed by atoms with Crippen LogP contribution >= 0.6 is 15.9 Å². The van der Waals surface area contributed by atoms with E-state index >= 15 is 0 Å². The van der Waals surface area contributed by atoms with E-state index in [-0.39, 0.29) is 36.6 Å². The van der Waals surface area contributed by atoms with Crippen LogP contribution in [0.3, 0.4) is 0 Å². The second-order valence-electron chi connectivity index (χ2n) is 10.8. The number of pyridine rings is 1. The fourth-order valence-corrected chi connectivity index (χ4v) is 5.09. The molecule has 1 aliphatic rings. The number of nitrogens with zero attached hydrogens (tertiary/aromatic N) is 3. The Labute approximate surface area is 240 Å². The zero-order valence-electron chi connectivity index (χ0n) is 22.4. The molecular weight excluding hydrogens is 576 g/mol. The highest BCUT2D eigenvalue weighted by atomic mass is 79.9. The molecule has 0 atom stereocenters. The number of fused-ring (bicyclic) bond motifs is 1. The molecule has 0 N–H and O–H groups in total. The van der Waals surface area contributed by atoms with Crippen molar-refractivity contribution in [3.8, 4) is 0 Å². The van der Waals surface area contributed by atoms with Crippen molar-refractivity contribution < 1.29 is 18.4 Å². The third-order valence-electron chi connectivity index (χ3n) is 6.95. The van der Waals surface area contributed by atoms with Gasteiger partial charge in [0.1, 0.15) is 18.2 Å². The van der Waals surface area contributed by atoms with Crippen LogP contribution in [-0.2, 0) is 10.2 Å². The van der Waals surface area contributed by atoms with Gasteiger partial charge in [0.05, 0.1) is 22.5 Å². The molecule has 1 saturated heterocycles. The van der Waals surface area contributed by atoms with Gasteiger partial charge in [0, 0.05) is 29.0 Å². The average Bonchev–Trinajstić information content (AvgIpc) is 2.91. The maximum absolute atomic E-state index is 14.3. The number of aromatic nitrogens is 1. The minimum absolute atomic E-state index is 0.000235. The number of carbonyl (C=O) groups is 2. The van der Waals surface area contributed by atoms with Gasteiger partial charge < -0.3 is 9.80 Å². The summed E-state index contributed by atoms with van der Waals surface area (Å²) >= 11 is 3.48. The van der Waals surface area contributed by atoms with Crippen LogP contribution in [0.15, 0.2) is 71.2 Å². The van der Waals surface area contributed by atoms with E-state index in [0.29, 0.717) is 22.2 Å².